The van der Waals surface area contributed by atoms with E-state index in [1.165, 1.54) is 31.2 Å². The second-order valence-electron chi connectivity index (χ2n) is 5.76. The predicted octanol–water partition coefficient (Wildman–Crippen LogP) is 4.04. The molecule has 0 unspecified atom stereocenters. The molecule has 0 saturated heterocycles. The van der Waals surface area contributed by atoms with E-state index < -0.39 is 0 Å². The van der Waals surface area contributed by atoms with Crippen LogP contribution in [-0.2, 0) is 4.79 Å². The number of hydrogen-bond acceptors (Lipinski definition) is 1. The molecule has 2 nitrogen and oxygen atoms in total. The summed E-state index contributed by atoms with van der Waals surface area (Å²) in [5.41, 5.74) is 1.47. The van der Waals surface area contributed by atoms with Gasteiger partial charge in [0, 0.05) is 13.0 Å². The van der Waals surface area contributed by atoms with Crippen LogP contribution in [0.15, 0.2) is 43.0 Å². The standard InChI is InChI=1S/C18H25NO/c1-2-3-9-18(20)19-14-15-10-12-17(13-11-15)16-7-5-4-6-8-16/h2,4-8,15,17H,1,3,9-14H2,(H,19,20). The minimum atomic E-state index is 0.162. The smallest absolute Gasteiger partial charge is 0.220 e. The lowest BCUT2D eigenvalue weighted by Gasteiger charge is -2.29. The molecule has 1 amide bonds. The van der Waals surface area contributed by atoms with Crippen LogP contribution in [-0.4, -0.2) is 12.5 Å². The van der Waals surface area contributed by atoms with Crippen molar-refractivity contribution in [3.63, 3.8) is 0 Å². The molecule has 20 heavy (non-hydrogen) atoms. The molecular weight excluding hydrogens is 246 g/mol. The van der Waals surface area contributed by atoms with Gasteiger partial charge in [-0.2, -0.15) is 0 Å². The van der Waals surface area contributed by atoms with Crippen molar-refractivity contribution in [2.24, 2.45) is 5.92 Å². The number of carbonyl (C=O) groups excluding carboxylic acids is 1. The monoisotopic (exact) mass is 271 g/mol. The second-order valence-corrected chi connectivity index (χ2v) is 5.76. The van der Waals surface area contributed by atoms with Crippen LogP contribution in [0.3, 0.4) is 0 Å². The lowest BCUT2D eigenvalue weighted by molar-refractivity contribution is -0.121. The minimum Gasteiger partial charge on any atom is -0.356 e. The Morgan fingerprint density at radius 3 is 2.55 bits per heavy atom. The number of hydrogen-bond donors (Lipinski definition) is 1. The van der Waals surface area contributed by atoms with Gasteiger partial charge >= 0.3 is 0 Å². The van der Waals surface area contributed by atoms with E-state index >= 15 is 0 Å². The molecule has 1 aromatic carbocycles. The van der Waals surface area contributed by atoms with Crippen molar-refractivity contribution < 1.29 is 4.79 Å². The number of amides is 1. The molecule has 0 heterocycles. The first-order valence-electron chi connectivity index (χ1n) is 7.72. The fourth-order valence-corrected chi connectivity index (χ4v) is 3.00. The van der Waals surface area contributed by atoms with Crippen molar-refractivity contribution in [3.05, 3.63) is 48.6 Å². The molecule has 0 aliphatic heterocycles. The largest absolute Gasteiger partial charge is 0.356 e. The number of nitrogens with one attached hydrogen (secondary N) is 1. The first kappa shape index (κ1) is 14.8. The summed E-state index contributed by atoms with van der Waals surface area (Å²) in [7, 11) is 0. The van der Waals surface area contributed by atoms with Crippen molar-refractivity contribution in [2.75, 3.05) is 6.54 Å². The molecule has 0 spiro atoms. The van der Waals surface area contributed by atoms with Gasteiger partial charge in [0.2, 0.25) is 5.91 Å². The molecule has 1 fully saturated rings. The Labute approximate surface area is 122 Å². The molecule has 0 bridgehead atoms. The van der Waals surface area contributed by atoms with Crippen LogP contribution in [0.4, 0.5) is 0 Å². The molecule has 2 rings (SSSR count). The van der Waals surface area contributed by atoms with Crippen LogP contribution in [0.1, 0.15) is 50.0 Å². The van der Waals surface area contributed by atoms with Crippen LogP contribution in [0, 0.1) is 5.92 Å². The van der Waals surface area contributed by atoms with E-state index in [4.69, 9.17) is 0 Å². The SMILES string of the molecule is C=CCCC(=O)NCC1CCC(c2ccccc2)CC1. The molecule has 0 atom stereocenters. The van der Waals surface area contributed by atoms with E-state index in [-0.39, 0.29) is 5.91 Å². The highest BCUT2D eigenvalue weighted by molar-refractivity contribution is 5.75. The van der Waals surface area contributed by atoms with Crippen molar-refractivity contribution in [3.8, 4) is 0 Å². The Kier molecular flexibility index (Phi) is 5.85. The van der Waals surface area contributed by atoms with Crippen molar-refractivity contribution in [1.82, 2.24) is 5.32 Å². The molecule has 1 saturated carbocycles. The summed E-state index contributed by atoms with van der Waals surface area (Å²) in [5.74, 6) is 1.53. The van der Waals surface area contributed by atoms with Crippen molar-refractivity contribution >= 4 is 5.91 Å². The summed E-state index contributed by atoms with van der Waals surface area (Å²) in [6, 6.07) is 10.8. The van der Waals surface area contributed by atoms with Gasteiger partial charge in [-0.3, -0.25) is 4.79 Å². The third-order valence-corrected chi connectivity index (χ3v) is 4.28. The normalized spacial score (nSPS) is 22.2. The van der Waals surface area contributed by atoms with E-state index in [1.807, 2.05) is 0 Å². The summed E-state index contributed by atoms with van der Waals surface area (Å²) in [5, 5.41) is 3.06. The number of rotatable bonds is 6. The van der Waals surface area contributed by atoms with E-state index in [0.29, 0.717) is 18.3 Å². The summed E-state index contributed by atoms with van der Waals surface area (Å²) in [6.45, 7) is 4.48. The molecular formula is C18H25NO. The minimum absolute atomic E-state index is 0.162. The van der Waals surface area contributed by atoms with Crippen LogP contribution in [0.5, 0.6) is 0 Å². The van der Waals surface area contributed by atoms with Gasteiger partial charge in [0.1, 0.15) is 0 Å². The highest BCUT2D eigenvalue weighted by atomic mass is 16.1. The highest BCUT2D eigenvalue weighted by Gasteiger charge is 2.22. The van der Waals surface area contributed by atoms with Crippen LogP contribution < -0.4 is 5.32 Å². The van der Waals surface area contributed by atoms with Crippen LogP contribution in [0.25, 0.3) is 0 Å². The average molecular weight is 271 g/mol. The fourth-order valence-electron chi connectivity index (χ4n) is 3.00. The maximum Gasteiger partial charge on any atom is 0.220 e. The summed E-state index contributed by atoms with van der Waals surface area (Å²) >= 11 is 0. The van der Waals surface area contributed by atoms with E-state index in [0.717, 1.165) is 13.0 Å². The van der Waals surface area contributed by atoms with Gasteiger partial charge in [-0.1, -0.05) is 36.4 Å². The van der Waals surface area contributed by atoms with Crippen LogP contribution in [0.2, 0.25) is 0 Å². The second kappa shape index (κ2) is 7.88. The fraction of sp³-hybridized carbons (Fsp3) is 0.500. The number of carbonyl (C=O) groups is 1. The summed E-state index contributed by atoms with van der Waals surface area (Å²) in [6.07, 6.45) is 8.08. The Hall–Kier alpha value is -1.57. The zero-order valence-electron chi connectivity index (χ0n) is 12.2. The van der Waals surface area contributed by atoms with Gasteiger partial charge in [0.15, 0.2) is 0 Å². The Balaban J connectivity index is 1.69. The Morgan fingerprint density at radius 1 is 1.20 bits per heavy atom. The van der Waals surface area contributed by atoms with Gasteiger partial charge in [-0.05, 0) is 49.5 Å². The third-order valence-electron chi connectivity index (χ3n) is 4.28. The van der Waals surface area contributed by atoms with Gasteiger partial charge in [-0.25, -0.2) is 0 Å². The Morgan fingerprint density at radius 2 is 1.90 bits per heavy atom. The first-order valence-corrected chi connectivity index (χ1v) is 7.72. The molecule has 1 aliphatic rings. The molecule has 2 heteroatoms. The average Bonchev–Trinajstić information content (AvgIpc) is 2.52. The van der Waals surface area contributed by atoms with E-state index in [1.54, 1.807) is 6.08 Å². The van der Waals surface area contributed by atoms with Crippen molar-refractivity contribution in [2.45, 2.75) is 44.4 Å². The van der Waals surface area contributed by atoms with Gasteiger partial charge in [0.25, 0.3) is 0 Å². The van der Waals surface area contributed by atoms with E-state index in [9.17, 15) is 4.79 Å². The lowest BCUT2D eigenvalue weighted by atomic mass is 9.79. The van der Waals surface area contributed by atoms with Gasteiger partial charge in [-0.15, -0.1) is 6.58 Å². The zero-order valence-corrected chi connectivity index (χ0v) is 12.2. The van der Waals surface area contributed by atoms with Gasteiger partial charge < -0.3 is 5.32 Å². The molecule has 108 valence electrons. The quantitative estimate of drug-likeness (QED) is 0.777. The molecule has 0 aromatic heterocycles. The predicted molar refractivity (Wildman–Crippen MR) is 83.6 cm³/mol. The zero-order chi connectivity index (χ0) is 14.2. The van der Waals surface area contributed by atoms with E-state index in [2.05, 4.69) is 42.2 Å². The number of benzene rings is 1. The lowest BCUT2D eigenvalue weighted by Crippen LogP contribution is -2.30. The first-order chi connectivity index (χ1) is 9.79. The molecule has 0 radical (unpaired) electrons. The maximum absolute atomic E-state index is 11.6. The molecule has 1 aliphatic carbocycles. The third kappa shape index (κ3) is 4.52. The maximum atomic E-state index is 11.6. The van der Waals surface area contributed by atoms with Crippen molar-refractivity contribution in [1.29, 1.82) is 0 Å². The highest BCUT2D eigenvalue weighted by Crippen LogP contribution is 2.35. The Bertz CT molecular complexity index is 418. The molecule has 1 aromatic rings. The molecule has 1 N–H and O–H groups in total. The van der Waals surface area contributed by atoms with Gasteiger partial charge in [0.05, 0.1) is 0 Å². The summed E-state index contributed by atoms with van der Waals surface area (Å²) in [4.78, 5) is 11.6. The topological polar surface area (TPSA) is 29.1 Å². The van der Waals surface area contributed by atoms with Crippen LogP contribution >= 0.6 is 0 Å². The summed E-state index contributed by atoms with van der Waals surface area (Å²) < 4.78 is 0. The number of allylic oxidation sites excluding steroid dienone is 1.